The van der Waals surface area contributed by atoms with Gasteiger partial charge in [0.05, 0.1) is 0 Å². The quantitative estimate of drug-likeness (QED) is 0.665. The normalized spacial score (nSPS) is 16.7. The molecule has 0 aromatic carbocycles. The Hall–Kier alpha value is -0.770. The first-order valence-corrected chi connectivity index (χ1v) is 7.83. The summed E-state index contributed by atoms with van der Waals surface area (Å²) in [5, 5.41) is 1.08. The number of hydrogen-bond acceptors (Lipinski definition) is 4. The Morgan fingerprint density at radius 3 is 2.56 bits per heavy atom. The lowest BCUT2D eigenvalue weighted by Crippen LogP contribution is -2.07. The van der Waals surface area contributed by atoms with Gasteiger partial charge in [-0.05, 0) is 25.7 Å². The molecule has 2 rings (SSSR count). The molecule has 18 heavy (non-hydrogen) atoms. The maximum atomic E-state index is 5.98. The van der Waals surface area contributed by atoms with Crippen LogP contribution in [0, 0.1) is 12.8 Å². The summed E-state index contributed by atoms with van der Waals surface area (Å²) in [6.07, 6.45) is 5.55. The van der Waals surface area contributed by atoms with Crippen LogP contribution in [0.2, 0.25) is 0 Å². The van der Waals surface area contributed by atoms with Crippen LogP contribution in [-0.4, -0.2) is 15.7 Å². The van der Waals surface area contributed by atoms with E-state index in [0.717, 1.165) is 22.3 Å². The minimum Gasteiger partial charge on any atom is -0.383 e. The molecule has 1 aromatic rings. The van der Waals surface area contributed by atoms with Gasteiger partial charge in [0.1, 0.15) is 16.7 Å². The van der Waals surface area contributed by atoms with Crippen LogP contribution in [0.25, 0.3) is 0 Å². The Morgan fingerprint density at radius 2 is 1.94 bits per heavy atom. The van der Waals surface area contributed by atoms with Crippen LogP contribution in [0.4, 0.5) is 5.82 Å². The fourth-order valence-electron chi connectivity index (χ4n) is 2.30. The number of aromatic nitrogens is 2. The molecule has 1 aliphatic rings. The summed E-state index contributed by atoms with van der Waals surface area (Å²) in [6.45, 7) is 6.24. The SMILES string of the molecule is Cc1c(N)nc(C(C)C)nc1SCC1CCCC1. The average Bonchev–Trinajstić information content (AvgIpc) is 2.83. The van der Waals surface area contributed by atoms with Gasteiger partial charge < -0.3 is 5.73 Å². The fourth-order valence-corrected chi connectivity index (χ4v) is 3.51. The van der Waals surface area contributed by atoms with Gasteiger partial charge in [-0.1, -0.05) is 26.7 Å². The average molecular weight is 265 g/mol. The predicted molar refractivity (Wildman–Crippen MR) is 78.0 cm³/mol. The number of rotatable bonds is 4. The van der Waals surface area contributed by atoms with Crippen molar-refractivity contribution in [2.75, 3.05) is 11.5 Å². The van der Waals surface area contributed by atoms with Gasteiger partial charge in [-0.15, -0.1) is 11.8 Å². The molecule has 0 bridgehead atoms. The van der Waals surface area contributed by atoms with E-state index in [9.17, 15) is 0 Å². The number of nitrogens with zero attached hydrogens (tertiary/aromatic N) is 2. The van der Waals surface area contributed by atoms with Gasteiger partial charge in [0.15, 0.2) is 0 Å². The van der Waals surface area contributed by atoms with Gasteiger partial charge >= 0.3 is 0 Å². The van der Waals surface area contributed by atoms with Crippen molar-refractivity contribution in [1.82, 2.24) is 9.97 Å². The van der Waals surface area contributed by atoms with E-state index in [1.807, 2.05) is 18.7 Å². The molecule has 0 aliphatic heterocycles. The molecule has 100 valence electrons. The molecule has 0 unspecified atom stereocenters. The van der Waals surface area contributed by atoms with Crippen molar-refractivity contribution < 1.29 is 0 Å². The second kappa shape index (κ2) is 5.91. The number of nitrogen functional groups attached to an aromatic ring is 1. The Bertz CT molecular complexity index is 412. The predicted octanol–water partition coefficient (Wildman–Crippen LogP) is 3.77. The summed E-state index contributed by atoms with van der Waals surface area (Å²) in [4.78, 5) is 9.03. The lowest BCUT2D eigenvalue weighted by atomic mass is 10.1. The van der Waals surface area contributed by atoms with Gasteiger partial charge in [0.2, 0.25) is 0 Å². The highest BCUT2D eigenvalue weighted by atomic mass is 32.2. The zero-order valence-electron chi connectivity index (χ0n) is 11.6. The molecule has 0 spiro atoms. The Morgan fingerprint density at radius 1 is 1.28 bits per heavy atom. The lowest BCUT2D eigenvalue weighted by Gasteiger charge is -2.13. The van der Waals surface area contributed by atoms with Crippen molar-refractivity contribution in [1.29, 1.82) is 0 Å². The van der Waals surface area contributed by atoms with Gasteiger partial charge in [-0.2, -0.15) is 0 Å². The van der Waals surface area contributed by atoms with Gasteiger partial charge in [-0.25, -0.2) is 9.97 Å². The maximum absolute atomic E-state index is 5.98. The molecule has 1 aromatic heterocycles. The van der Waals surface area contributed by atoms with Crippen molar-refractivity contribution >= 4 is 17.6 Å². The van der Waals surface area contributed by atoms with E-state index >= 15 is 0 Å². The zero-order chi connectivity index (χ0) is 13.1. The molecule has 4 heteroatoms. The van der Waals surface area contributed by atoms with Gasteiger partial charge in [0.25, 0.3) is 0 Å². The fraction of sp³-hybridized carbons (Fsp3) is 0.714. The van der Waals surface area contributed by atoms with Crippen LogP contribution >= 0.6 is 11.8 Å². The van der Waals surface area contributed by atoms with Crippen molar-refractivity contribution in [2.45, 2.75) is 57.4 Å². The molecule has 0 radical (unpaired) electrons. The third kappa shape index (κ3) is 3.16. The number of anilines is 1. The molecule has 0 atom stereocenters. The molecule has 0 amide bonds. The van der Waals surface area contributed by atoms with Gasteiger partial charge in [0, 0.05) is 17.2 Å². The van der Waals surface area contributed by atoms with E-state index < -0.39 is 0 Å². The van der Waals surface area contributed by atoms with Crippen molar-refractivity contribution in [3.05, 3.63) is 11.4 Å². The van der Waals surface area contributed by atoms with E-state index in [1.54, 1.807) is 0 Å². The molecule has 1 aliphatic carbocycles. The molecule has 1 fully saturated rings. The largest absolute Gasteiger partial charge is 0.383 e. The molecule has 2 N–H and O–H groups in total. The summed E-state index contributed by atoms with van der Waals surface area (Å²) in [5.74, 6) is 3.89. The van der Waals surface area contributed by atoms with E-state index in [-0.39, 0.29) is 0 Å². The van der Waals surface area contributed by atoms with Crippen LogP contribution in [0.15, 0.2) is 5.03 Å². The van der Waals surface area contributed by atoms with Crippen LogP contribution < -0.4 is 5.73 Å². The highest BCUT2D eigenvalue weighted by Crippen LogP contribution is 2.32. The smallest absolute Gasteiger partial charge is 0.134 e. The third-order valence-electron chi connectivity index (χ3n) is 3.60. The van der Waals surface area contributed by atoms with E-state index in [1.165, 1.54) is 31.4 Å². The third-order valence-corrected chi connectivity index (χ3v) is 4.91. The summed E-state index contributed by atoms with van der Waals surface area (Å²) in [7, 11) is 0. The topological polar surface area (TPSA) is 51.8 Å². The highest BCUT2D eigenvalue weighted by Gasteiger charge is 2.17. The van der Waals surface area contributed by atoms with Crippen LogP contribution in [0.5, 0.6) is 0 Å². The number of nitrogens with two attached hydrogens (primary N) is 1. The van der Waals surface area contributed by atoms with Gasteiger partial charge in [-0.3, -0.25) is 0 Å². The second-order valence-corrected chi connectivity index (χ2v) is 6.52. The number of hydrogen-bond donors (Lipinski definition) is 1. The van der Waals surface area contributed by atoms with Crippen molar-refractivity contribution in [3.8, 4) is 0 Å². The summed E-state index contributed by atoms with van der Waals surface area (Å²) in [5.41, 5.74) is 7.02. The molecule has 3 nitrogen and oxygen atoms in total. The summed E-state index contributed by atoms with van der Waals surface area (Å²) in [6, 6.07) is 0. The van der Waals surface area contributed by atoms with Crippen LogP contribution in [-0.2, 0) is 0 Å². The summed E-state index contributed by atoms with van der Waals surface area (Å²) < 4.78 is 0. The molecular formula is C14H23N3S. The van der Waals surface area contributed by atoms with Crippen LogP contribution in [0.1, 0.15) is 56.8 Å². The highest BCUT2D eigenvalue weighted by molar-refractivity contribution is 7.99. The molecule has 0 saturated heterocycles. The van der Waals surface area contributed by atoms with Crippen molar-refractivity contribution in [2.24, 2.45) is 5.92 Å². The number of thioether (sulfide) groups is 1. The van der Waals surface area contributed by atoms with E-state index in [2.05, 4.69) is 23.8 Å². The van der Waals surface area contributed by atoms with Crippen molar-refractivity contribution in [3.63, 3.8) is 0 Å². The van der Waals surface area contributed by atoms with E-state index in [4.69, 9.17) is 5.73 Å². The first-order valence-electron chi connectivity index (χ1n) is 6.84. The monoisotopic (exact) mass is 265 g/mol. The Balaban J connectivity index is 2.10. The first kappa shape index (κ1) is 13.7. The zero-order valence-corrected chi connectivity index (χ0v) is 12.4. The minimum absolute atomic E-state index is 0.332. The van der Waals surface area contributed by atoms with E-state index in [0.29, 0.717) is 11.7 Å². The standard InChI is InChI=1S/C14H23N3S/c1-9(2)13-16-12(15)10(3)14(17-13)18-8-11-6-4-5-7-11/h9,11H,4-8H2,1-3H3,(H2,15,16,17). The Kier molecular flexibility index (Phi) is 4.49. The molecule has 1 heterocycles. The maximum Gasteiger partial charge on any atom is 0.134 e. The molecule has 1 saturated carbocycles. The second-order valence-electron chi connectivity index (χ2n) is 5.51. The first-order chi connectivity index (χ1) is 8.58. The Labute approximate surface area is 114 Å². The minimum atomic E-state index is 0.332. The lowest BCUT2D eigenvalue weighted by molar-refractivity contribution is 0.622. The van der Waals surface area contributed by atoms with Crippen LogP contribution in [0.3, 0.4) is 0 Å². The summed E-state index contributed by atoms with van der Waals surface area (Å²) >= 11 is 1.86. The molecular weight excluding hydrogens is 242 g/mol.